The normalized spacial score (nSPS) is 8.61. The summed E-state index contributed by atoms with van der Waals surface area (Å²) in [5, 5.41) is 27.3. The minimum atomic E-state index is -0.369. The minimum absolute atomic E-state index is 0.125. The highest BCUT2D eigenvalue weighted by atomic mass is 32.1. The van der Waals surface area contributed by atoms with Crippen LogP contribution in [0.15, 0.2) is 11.4 Å². The summed E-state index contributed by atoms with van der Waals surface area (Å²) in [6, 6.07) is 5.26. The first-order valence-electron chi connectivity index (χ1n) is 4.94. The molecule has 18 heavy (non-hydrogen) atoms. The third kappa shape index (κ3) is 3.61. The van der Waals surface area contributed by atoms with Crippen LogP contribution in [0.5, 0.6) is 0 Å². The number of thiophene rings is 1. The van der Waals surface area contributed by atoms with Crippen LogP contribution in [-0.4, -0.2) is 35.6 Å². The van der Waals surface area contributed by atoms with Gasteiger partial charge in [-0.2, -0.15) is 10.5 Å². The fourth-order valence-corrected chi connectivity index (χ4v) is 1.94. The molecule has 0 saturated carbocycles. The molecule has 1 N–H and O–H groups in total. The van der Waals surface area contributed by atoms with Crippen LogP contribution < -0.4 is 0 Å². The molecule has 0 saturated heterocycles. The van der Waals surface area contributed by atoms with E-state index >= 15 is 0 Å². The monoisotopic (exact) mass is 259 g/mol. The fourth-order valence-electron chi connectivity index (χ4n) is 1.19. The van der Waals surface area contributed by atoms with E-state index in [4.69, 9.17) is 15.6 Å². The second kappa shape index (κ2) is 7.09. The van der Waals surface area contributed by atoms with Crippen molar-refractivity contribution >= 4 is 17.2 Å². The number of hydrogen-bond donors (Lipinski definition) is 1. The van der Waals surface area contributed by atoms with Crippen molar-refractivity contribution in [2.24, 2.45) is 0 Å². The van der Waals surface area contributed by atoms with Gasteiger partial charge in [-0.05, 0) is 6.07 Å². The van der Waals surface area contributed by atoms with E-state index < -0.39 is 0 Å². The molecular weight excluding hydrogens is 250 g/mol. The lowest BCUT2D eigenvalue weighted by Crippen LogP contribution is -2.31. The number of hydrogen-bond acceptors (Lipinski definition) is 5. The van der Waals surface area contributed by atoms with E-state index in [0.717, 1.165) is 4.90 Å². The van der Waals surface area contributed by atoms with Crippen molar-refractivity contribution in [3.05, 3.63) is 21.9 Å². The van der Waals surface area contributed by atoms with E-state index in [9.17, 15) is 4.79 Å². The van der Waals surface area contributed by atoms with Crippen molar-refractivity contribution in [1.82, 2.24) is 4.90 Å². The van der Waals surface area contributed by atoms with E-state index in [1.165, 1.54) is 11.3 Å². The third-order valence-corrected chi connectivity index (χ3v) is 2.79. The number of aliphatic hydroxyl groups is 1. The number of nitriles is 2. The summed E-state index contributed by atoms with van der Waals surface area (Å²) in [5.41, 5.74) is 0.396. The first kappa shape index (κ1) is 13.7. The molecule has 1 heterocycles. The maximum atomic E-state index is 11.9. The Labute approximate surface area is 108 Å². The summed E-state index contributed by atoms with van der Waals surface area (Å²) < 4.78 is 0. The molecule has 1 aromatic heterocycles. The fraction of sp³-hybridized carbons (Fsp3) is 0.250. The zero-order valence-electron chi connectivity index (χ0n) is 9.38. The van der Waals surface area contributed by atoms with E-state index in [1.807, 2.05) is 12.1 Å². The predicted molar refractivity (Wildman–Crippen MR) is 65.4 cm³/mol. The number of amides is 1. The molecule has 0 aliphatic rings. The maximum absolute atomic E-state index is 11.9. The van der Waals surface area contributed by atoms with Gasteiger partial charge in [-0.1, -0.05) is 11.8 Å². The van der Waals surface area contributed by atoms with Gasteiger partial charge in [0.1, 0.15) is 19.7 Å². The largest absolute Gasteiger partial charge is 0.384 e. The Hall–Kier alpha value is -2.33. The Morgan fingerprint density at radius 3 is 2.61 bits per heavy atom. The lowest BCUT2D eigenvalue weighted by Gasteiger charge is -2.14. The van der Waals surface area contributed by atoms with E-state index in [2.05, 4.69) is 11.8 Å². The van der Waals surface area contributed by atoms with Gasteiger partial charge in [0.15, 0.2) is 0 Å². The molecule has 1 rings (SSSR count). The molecule has 0 radical (unpaired) electrons. The number of rotatable bonds is 3. The number of carbonyl (C=O) groups is 1. The molecule has 6 heteroatoms. The van der Waals surface area contributed by atoms with Gasteiger partial charge in [-0.25, -0.2) is 0 Å². The number of aliphatic hydroxyl groups excluding tert-OH is 1. The summed E-state index contributed by atoms with van der Waals surface area (Å²) in [6.07, 6.45) is 0. The van der Waals surface area contributed by atoms with Gasteiger partial charge in [0.05, 0.1) is 22.6 Å². The van der Waals surface area contributed by atoms with E-state index in [-0.39, 0.29) is 25.6 Å². The zero-order chi connectivity index (χ0) is 13.4. The van der Waals surface area contributed by atoms with Crippen LogP contribution in [0.1, 0.15) is 15.2 Å². The highest BCUT2D eigenvalue weighted by Crippen LogP contribution is 2.15. The van der Waals surface area contributed by atoms with Crippen molar-refractivity contribution < 1.29 is 9.90 Å². The highest BCUT2D eigenvalue weighted by Gasteiger charge is 2.16. The molecule has 5 nitrogen and oxygen atoms in total. The molecule has 0 unspecified atom stereocenters. The van der Waals surface area contributed by atoms with Crippen molar-refractivity contribution in [2.45, 2.75) is 0 Å². The van der Waals surface area contributed by atoms with E-state index in [0.29, 0.717) is 10.4 Å². The topological polar surface area (TPSA) is 88.1 Å². The number of carbonyl (C=O) groups excluding carboxylic acids is 1. The second-order valence-electron chi connectivity index (χ2n) is 3.14. The highest BCUT2D eigenvalue weighted by molar-refractivity contribution is 7.10. The van der Waals surface area contributed by atoms with Crippen LogP contribution in [0, 0.1) is 34.5 Å². The summed E-state index contributed by atoms with van der Waals surface area (Å²) >= 11 is 1.27. The zero-order valence-corrected chi connectivity index (χ0v) is 10.2. The lowest BCUT2D eigenvalue weighted by atomic mass is 10.2. The van der Waals surface area contributed by atoms with Crippen LogP contribution in [0.4, 0.5) is 0 Å². The molecule has 1 aromatic rings. The van der Waals surface area contributed by atoms with Crippen LogP contribution in [0.3, 0.4) is 0 Å². The Balaban J connectivity index is 2.86. The van der Waals surface area contributed by atoms with Crippen molar-refractivity contribution in [2.75, 3.05) is 19.7 Å². The third-order valence-electron chi connectivity index (χ3n) is 1.95. The Kier molecular flexibility index (Phi) is 5.41. The Morgan fingerprint density at radius 1 is 1.39 bits per heavy atom. The Morgan fingerprint density at radius 2 is 2.06 bits per heavy atom. The van der Waals surface area contributed by atoms with Gasteiger partial charge in [0.25, 0.3) is 5.91 Å². The second-order valence-corrected chi connectivity index (χ2v) is 4.05. The van der Waals surface area contributed by atoms with Crippen molar-refractivity contribution in [1.29, 1.82) is 10.5 Å². The molecule has 1 amide bonds. The number of nitrogens with zero attached hydrogens (tertiary/aromatic N) is 3. The summed E-state index contributed by atoms with van der Waals surface area (Å²) in [5.74, 6) is 4.80. The lowest BCUT2D eigenvalue weighted by molar-refractivity contribution is 0.0795. The molecule has 90 valence electrons. The van der Waals surface area contributed by atoms with E-state index in [1.54, 1.807) is 11.4 Å². The molecular formula is C12H9N3O2S. The SMILES string of the molecule is N#CCN(CC#N)C(=O)c1csc(C#CCO)c1. The molecule has 0 bridgehead atoms. The first-order chi connectivity index (χ1) is 8.72. The van der Waals surface area contributed by atoms with Gasteiger partial charge in [-0.15, -0.1) is 11.3 Å². The van der Waals surface area contributed by atoms with Gasteiger partial charge in [0.2, 0.25) is 0 Å². The molecule has 0 fully saturated rings. The summed E-state index contributed by atoms with van der Waals surface area (Å²) in [7, 11) is 0. The van der Waals surface area contributed by atoms with Gasteiger partial charge >= 0.3 is 0 Å². The van der Waals surface area contributed by atoms with Crippen LogP contribution in [-0.2, 0) is 0 Å². The van der Waals surface area contributed by atoms with Crippen molar-refractivity contribution in [3.8, 4) is 24.0 Å². The molecule has 0 atom stereocenters. The van der Waals surface area contributed by atoms with Gasteiger partial charge in [-0.3, -0.25) is 4.79 Å². The molecule has 0 aliphatic heterocycles. The van der Waals surface area contributed by atoms with Gasteiger partial charge in [0, 0.05) is 5.38 Å². The minimum Gasteiger partial charge on any atom is -0.384 e. The smallest absolute Gasteiger partial charge is 0.256 e. The quantitative estimate of drug-likeness (QED) is 0.635. The van der Waals surface area contributed by atoms with Crippen LogP contribution >= 0.6 is 11.3 Å². The van der Waals surface area contributed by atoms with Crippen LogP contribution in [0.25, 0.3) is 0 Å². The summed E-state index contributed by atoms with van der Waals surface area (Å²) in [4.78, 5) is 13.8. The first-order valence-corrected chi connectivity index (χ1v) is 5.82. The molecule has 0 aliphatic carbocycles. The average molecular weight is 259 g/mol. The Bertz CT molecular complexity index is 553. The summed E-state index contributed by atoms with van der Waals surface area (Å²) in [6.45, 7) is -0.490. The van der Waals surface area contributed by atoms with Gasteiger partial charge < -0.3 is 10.0 Å². The molecule has 0 aromatic carbocycles. The predicted octanol–water partition coefficient (Wildman–Crippen LogP) is 0.581. The maximum Gasteiger partial charge on any atom is 0.256 e. The average Bonchev–Trinajstić information content (AvgIpc) is 2.84. The van der Waals surface area contributed by atoms with Crippen molar-refractivity contribution in [3.63, 3.8) is 0 Å². The standard InChI is InChI=1S/C12H9N3O2S/c13-3-5-15(6-4-14)12(17)10-8-11(18-9-10)2-1-7-16/h8-9,16H,5-7H2. The molecule has 0 spiro atoms. The van der Waals surface area contributed by atoms with Crippen LogP contribution in [0.2, 0.25) is 0 Å².